The standard InChI is InChI=1S/C19H22O2/c1-13-4-3-5-15(8-13)17(12-20)11-18-10-16-9-14(2)6-7-19(16)21-18/h3-9,17-18,20H,10-12H2,1-2H3. The molecule has 0 saturated carbocycles. The minimum Gasteiger partial charge on any atom is -0.490 e. The summed E-state index contributed by atoms with van der Waals surface area (Å²) in [5, 5.41) is 9.74. The molecule has 110 valence electrons. The van der Waals surface area contributed by atoms with Gasteiger partial charge in [-0.2, -0.15) is 0 Å². The maximum Gasteiger partial charge on any atom is 0.123 e. The highest BCUT2D eigenvalue weighted by Gasteiger charge is 2.26. The molecular weight excluding hydrogens is 260 g/mol. The van der Waals surface area contributed by atoms with Crippen molar-refractivity contribution in [3.63, 3.8) is 0 Å². The van der Waals surface area contributed by atoms with Crippen LogP contribution in [0.3, 0.4) is 0 Å². The number of aliphatic hydroxyl groups is 1. The fraction of sp³-hybridized carbons (Fsp3) is 0.368. The Hall–Kier alpha value is -1.80. The third kappa shape index (κ3) is 3.11. The van der Waals surface area contributed by atoms with Gasteiger partial charge in [0.1, 0.15) is 11.9 Å². The second-order valence-corrected chi connectivity index (χ2v) is 6.08. The van der Waals surface area contributed by atoms with Gasteiger partial charge in [-0.15, -0.1) is 0 Å². The van der Waals surface area contributed by atoms with Gasteiger partial charge in [0.25, 0.3) is 0 Å². The number of aryl methyl sites for hydroxylation is 2. The zero-order valence-electron chi connectivity index (χ0n) is 12.7. The van der Waals surface area contributed by atoms with E-state index in [1.807, 2.05) is 0 Å². The molecule has 0 radical (unpaired) electrons. The number of hydrogen-bond acceptors (Lipinski definition) is 2. The number of benzene rings is 2. The third-order valence-corrected chi connectivity index (χ3v) is 4.24. The molecule has 0 fully saturated rings. The molecule has 3 rings (SSSR count). The fourth-order valence-corrected chi connectivity index (χ4v) is 3.14. The molecule has 0 aliphatic carbocycles. The molecule has 2 heteroatoms. The van der Waals surface area contributed by atoms with Crippen LogP contribution in [0.2, 0.25) is 0 Å². The Labute approximate surface area is 126 Å². The average molecular weight is 282 g/mol. The van der Waals surface area contributed by atoms with Gasteiger partial charge in [0.15, 0.2) is 0 Å². The maximum absolute atomic E-state index is 9.74. The minimum atomic E-state index is 0.144. The summed E-state index contributed by atoms with van der Waals surface area (Å²) in [4.78, 5) is 0. The summed E-state index contributed by atoms with van der Waals surface area (Å²) in [6.07, 6.45) is 1.96. The van der Waals surface area contributed by atoms with Crippen molar-refractivity contribution in [2.45, 2.75) is 38.7 Å². The normalized spacial score (nSPS) is 18.1. The Kier molecular flexibility index (Phi) is 3.98. The van der Waals surface area contributed by atoms with Gasteiger partial charge in [0, 0.05) is 12.3 Å². The SMILES string of the molecule is Cc1cccc(C(CO)CC2Cc3cc(C)ccc3O2)c1. The Morgan fingerprint density at radius 2 is 1.95 bits per heavy atom. The van der Waals surface area contributed by atoms with Crippen LogP contribution in [0.15, 0.2) is 42.5 Å². The van der Waals surface area contributed by atoms with E-state index >= 15 is 0 Å². The summed E-state index contributed by atoms with van der Waals surface area (Å²) in [6.45, 7) is 4.36. The fourth-order valence-electron chi connectivity index (χ4n) is 3.14. The van der Waals surface area contributed by atoms with Crippen molar-refractivity contribution >= 4 is 0 Å². The van der Waals surface area contributed by atoms with Crippen molar-refractivity contribution in [2.75, 3.05) is 6.61 Å². The van der Waals surface area contributed by atoms with E-state index in [4.69, 9.17) is 4.74 Å². The van der Waals surface area contributed by atoms with Crippen molar-refractivity contribution in [3.8, 4) is 5.75 Å². The third-order valence-electron chi connectivity index (χ3n) is 4.24. The second kappa shape index (κ2) is 5.90. The van der Waals surface area contributed by atoms with E-state index in [1.54, 1.807) is 0 Å². The Morgan fingerprint density at radius 1 is 1.14 bits per heavy atom. The Bertz CT molecular complexity index is 633. The van der Waals surface area contributed by atoms with Crippen LogP contribution >= 0.6 is 0 Å². The molecule has 21 heavy (non-hydrogen) atoms. The first kappa shape index (κ1) is 14.2. The van der Waals surface area contributed by atoms with Crippen molar-refractivity contribution in [1.82, 2.24) is 0 Å². The molecule has 2 aromatic carbocycles. The van der Waals surface area contributed by atoms with Crippen LogP contribution in [0.4, 0.5) is 0 Å². The molecule has 0 amide bonds. The molecule has 2 nitrogen and oxygen atoms in total. The monoisotopic (exact) mass is 282 g/mol. The van der Waals surface area contributed by atoms with Gasteiger partial charge in [0.2, 0.25) is 0 Å². The first-order chi connectivity index (χ1) is 10.2. The van der Waals surface area contributed by atoms with Gasteiger partial charge in [-0.25, -0.2) is 0 Å². The summed E-state index contributed by atoms with van der Waals surface area (Å²) in [5.74, 6) is 1.15. The predicted octanol–water partition coefficient (Wildman–Crippen LogP) is 3.77. The average Bonchev–Trinajstić information content (AvgIpc) is 2.86. The number of fused-ring (bicyclic) bond motifs is 1. The van der Waals surface area contributed by atoms with E-state index in [1.165, 1.54) is 22.3 Å². The molecular formula is C19H22O2. The molecule has 2 aromatic rings. The lowest BCUT2D eigenvalue weighted by molar-refractivity contribution is 0.179. The molecule has 1 N–H and O–H groups in total. The zero-order valence-corrected chi connectivity index (χ0v) is 12.7. The minimum absolute atomic E-state index is 0.144. The predicted molar refractivity (Wildman–Crippen MR) is 84.9 cm³/mol. The van der Waals surface area contributed by atoms with E-state index < -0.39 is 0 Å². The topological polar surface area (TPSA) is 29.5 Å². The highest BCUT2D eigenvalue weighted by Crippen LogP contribution is 2.34. The van der Waals surface area contributed by atoms with E-state index in [-0.39, 0.29) is 18.6 Å². The van der Waals surface area contributed by atoms with Crippen molar-refractivity contribution in [1.29, 1.82) is 0 Å². The summed E-state index contributed by atoms with van der Waals surface area (Å²) in [7, 11) is 0. The summed E-state index contributed by atoms with van der Waals surface area (Å²) in [5.41, 5.74) is 5.00. The van der Waals surface area contributed by atoms with Crippen molar-refractivity contribution < 1.29 is 9.84 Å². The lowest BCUT2D eigenvalue weighted by Gasteiger charge is -2.19. The number of aliphatic hydroxyl groups excluding tert-OH is 1. The molecule has 1 aliphatic heterocycles. The zero-order chi connectivity index (χ0) is 14.8. The maximum atomic E-state index is 9.74. The summed E-state index contributed by atoms with van der Waals surface area (Å²) in [6, 6.07) is 14.8. The van der Waals surface area contributed by atoms with Crippen LogP contribution in [-0.2, 0) is 6.42 Å². The number of rotatable bonds is 4. The number of ether oxygens (including phenoxy) is 1. The molecule has 2 atom stereocenters. The van der Waals surface area contributed by atoms with Crippen LogP contribution in [0, 0.1) is 13.8 Å². The van der Waals surface area contributed by atoms with Crippen molar-refractivity contribution in [3.05, 3.63) is 64.7 Å². The van der Waals surface area contributed by atoms with E-state index in [2.05, 4.69) is 56.3 Å². The number of hydrogen-bond donors (Lipinski definition) is 1. The van der Waals surface area contributed by atoms with Gasteiger partial charge >= 0.3 is 0 Å². The molecule has 1 aliphatic rings. The summed E-state index contributed by atoms with van der Waals surface area (Å²) < 4.78 is 6.03. The van der Waals surface area contributed by atoms with E-state index in [0.29, 0.717) is 0 Å². The Morgan fingerprint density at radius 3 is 2.71 bits per heavy atom. The van der Waals surface area contributed by atoms with Gasteiger partial charge in [-0.1, -0.05) is 47.5 Å². The first-order valence-electron chi connectivity index (χ1n) is 7.59. The van der Waals surface area contributed by atoms with Crippen LogP contribution in [0.1, 0.15) is 34.6 Å². The van der Waals surface area contributed by atoms with Gasteiger partial charge < -0.3 is 9.84 Å². The van der Waals surface area contributed by atoms with Gasteiger partial charge in [-0.3, -0.25) is 0 Å². The van der Waals surface area contributed by atoms with Gasteiger partial charge in [-0.05, 0) is 37.5 Å². The second-order valence-electron chi connectivity index (χ2n) is 6.08. The lowest BCUT2D eigenvalue weighted by atomic mass is 9.91. The molecule has 2 unspecified atom stereocenters. The first-order valence-corrected chi connectivity index (χ1v) is 7.59. The highest BCUT2D eigenvalue weighted by atomic mass is 16.5. The molecule has 1 heterocycles. The highest BCUT2D eigenvalue weighted by molar-refractivity contribution is 5.40. The smallest absolute Gasteiger partial charge is 0.123 e. The van der Waals surface area contributed by atoms with Gasteiger partial charge in [0.05, 0.1) is 6.61 Å². The van der Waals surface area contributed by atoms with Crippen LogP contribution in [0.25, 0.3) is 0 Å². The molecule has 0 saturated heterocycles. The molecule has 0 spiro atoms. The largest absolute Gasteiger partial charge is 0.490 e. The molecule has 0 bridgehead atoms. The van der Waals surface area contributed by atoms with E-state index in [9.17, 15) is 5.11 Å². The van der Waals surface area contributed by atoms with Crippen LogP contribution < -0.4 is 4.74 Å². The lowest BCUT2D eigenvalue weighted by Crippen LogP contribution is -2.19. The quantitative estimate of drug-likeness (QED) is 0.925. The molecule has 0 aromatic heterocycles. The van der Waals surface area contributed by atoms with Crippen molar-refractivity contribution in [2.24, 2.45) is 0 Å². The van der Waals surface area contributed by atoms with E-state index in [0.717, 1.165) is 18.6 Å². The summed E-state index contributed by atoms with van der Waals surface area (Å²) >= 11 is 0. The Balaban J connectivity index is 1.72. The van der Waals surface area contributed by atoms with Crippen LogP contribution in [-0.4, -0.2) is 17.8 Å². The van der Waals surface area contributed by atoms with Crippen LogP contribution in [0.5, 0.6) is 5.75 Å².